The van der Waals surface area contributed by atoms with Crippen molar-refractivity contribution in [1.82, 2.24) is 0 Å². The van der Waals surface area contributed by atoms with Crippen LogP contribution >= 0.6 is 0 Å². The number of aliphatic hydroxyl groups is 1. The summed E-state index contributed by atoms with van der Waals surface area (Å²) >= 11 is -1.57. The highest BCUT2D eigenvalue weighted by molar-refractivity contribution is 7.92. The minimum absolute atomic E-state index is 0.0676. The molecule has 5 atom stereocenters. The van der Waals surface area contributed by atoms with Crippen LogP contribution in [0.5, 0.6) is 0 Å². The molecule has 0 radical (unpaired) electrons. The lowest BCUT2D eigenvalue weighted by Crippen LogP contribution is -2.54. The molecule has 2 rings (SSSR count). The Morgan fingerprint density at radius 1 is 1.62 bits per heavy atom. The molecule has 2 fully saturated rings. The SMILES string of the molecule is C[S+]([O-])[C@]12OC[C@@H](O)[C@H]1OC[C@@H]2O[N+](=O)[O-]. The van der Waals surface area contributed by atoms with Gasteiger partial charge in [0, 0.05) is 0 Å². The molecule has 92 valence electrons. The highest BCUT2D eigenvalue weighted by atomic mass is 32.2. The molecule has 0 aromatic rings. The van der Waals surface area contributed by atoms with Gasteiger partial charge in [-0.05, 0) is 11.2 Å². The Morgan fingerprint density at radius 3 is 2.88 bits per heavy atom. The van der Waals surface area contributed by atoms with Crippen molar-refractivity contribution in [3.05, 3.63) is 10.1 Å². The standard InChI is InChI=1S/C7H11NO7S/c1-16(12)7-5(15-8(10)11)3-13-6(7)4(9)2-14-7/h4-6,9H,2-3H2,1H3/t4-,5+,6-,7+,16?/m1/s1. The molecule has 0 aromatic heterocycles. The van der Waals surface area contributed by atoms with E-state index in [-0.39, 0.29) is 13.2 Å². The molecule has 9 heteroatoms. The molecule has 0 saturated carbocycles. The van der Waals surface area contributed by atoms with Crippen LogP contribution in [0.25, 0.3) is 0 Å². The van der Waals surface area contributed by atoms with Crippen LogP contribution in [0.3, 0.4) is 0 Å². The smallest absolute Gasteiger partial charge is 0.295 e. The van der Waals surface area contributed by atoms with E-state index in [4.69, 9.17) is 9.47 Å². The van der Waals surface area contributed by atoms with Crippen molar-refractivity contribution in [3.63, 3.8) is 0 Å². The van der Waals surface area contributed by atoms with Crippen molar-refractivity contribution in [2.45, 2.75) is 23.2 Å². The van der Waals surface area contributed by atoms with Crippen molar-refractivity contribution >= 4 is 11.2 Å². The molecule has 2 aliphatic rings. The highest BCUT2D eigenvalue weighted by Crippen LogP contribution is 2.42. The quantitative estimate of drug-likeness (QED) is 0.367. The monoisotopic (exact) mass is 253 g/mol. The Balaban J connectivity index is 2.25. The van der Waals surface area contributed by atoms with Gasteiger partial charge >= 0.3 is 0 Å². The third-order valence-corrected chi connectivity index (χ3v) is 4.28. The maximum Gasteiger partial charge on any atom is 0.295 e. The first-order chi connectivity index (χ1) is 7.48. The van der Waals surface area contributed by atoms with Crippen molar-refractivity contribution in [2.24, 2.45) is 0 Å². The zero-order valence-electron chi connectivity index (χ0n) is 8.40. The van der Waals surface area contributed by atoms with Gasteiger partial charge in [-0.2, -0.15) is 0 Å². The minimum atomic E-state index is -1.57. The molecule has 2 heterocycles. The Hall–Kier alpha value is -0.610. The summed E-state index contributed by atoms with van der Waals surface area (Å²) in [5, 5.41) is 18.9. The second-order valence-electron chi connectivity index (χ2n) is 3.63. The largest absolute Gasteiger partial charge is 0.614 e. The third-order valence-electron chi connectivity index (χ3n) is 2.76. The molecule has 0 amide bonds. The maximum atomic E-state index is 11.7. The molecule has 2 aliphatic heterocycles. The van der Waals surface area contributed by atoms with Crippen LogP contribution in [0.15, 0.2) is 0 Å². The number of rotatable bonds is 3. The van der Waals surface area contributed by atoms with Crippen LogP contribution in [0, 0.1) is 10.1 Å². The van der Waals surface area contributed by atoms with E-state index in [1.165, 1.54) is 6.26 Å². The molecule has 0 aromatic carbocycles. The zero-order valence-corrected chi connectivity index (χ0v) is 9.21. The van der Waals surface area contributed by atoms with E-state index in [0.717, 1.165) is 0 Å². The lowest BCUT2D eigenvalue weighted by molar-refractivity contribution is -0.770. The first-order valence-corrected chi connectivity index (χ1v) is 6.12. The molecular weight excluding hydrogens is 242 g/mol. The molecule has 8 nitrogen and oxygen atoms in total. The summed E-state index contributed by atoms with van der Waals surface area (Å²) in [7, 11) is 0. The van der Waals surface area contributed by atoms with Gasteiger partial charge in [-0.3, -0.25) is 4.84 Å². The molecule has 1 unspecified atom stereocenters. The second-order valence-corrected chi connectivity index (χ2v) is 5.17. The summed E-state index contributed by atoms with van der Waals surface area (Å²) in [5.41, 5.74) is 0. The average molecular weight is 253 g/mol. The average Bonchev–Trinajstić information content (AvgIpc) is 2.68. The van der Waals surface area contributed by atoms with Crippen molar-refractivity contribution in [3.8, 4) is 0 Å². The molecule has 2 saturated heterocycles. The second kappa shape index (κ2) is 4.00. The molecule has 0 aliphatic carbocycles. The van der Waals surface area contributed by atoms with Crippen molar-refractivity contribution in [2.75, 3.05) is 19.5 Å². The molecular formula is C7H11NO7S. The van der Waals surface area contributed by atoms with Gasteiger partial charge in [0.05, 0.1) is 19.5 Å². The van der Waals surface area contributed by atoms with Crippen LogP contribution in [0.4, 0.5) is 0 Å². The summed E-state index contributed by atoms with van der Waals surface area (Å²) < 4.78 is 22.1. The number of nitrogens with zero attached hydrogens (tertiary/aromatic N) is 1. The summed E-state index contributed by atoms with van der Waals surface area (Å²) in [6.45, 7) is -0.190. The van der Waals surface area contributed by atoms with E-state index >= 15 is 0 Å². The normalized spacial score (nSPS) is 44.1. The molecule has 1 N–H and O–H groups in total. The lowest BCUT2D eigenvalue weighted by atomic mass is 10.1. The predicted molar refractivity (Wildman–Crippen MR) is 50.4 cm³/mol. The van der Waals surface area contributed by atoms with Crippen molar-refractivity contribution < 1.29 is 29.1 Å². The first kappa shape index (κ1) is 11.9. The van der Waals surface area contributed by atoms with Gasteiger partial charge in [0.2, 0.25) is 6.10 Å². The van der Waals surface area contributed by atoms with Gasteiger partial charge in [-0.1, -0.05) is 0 Å². The summed E-state index contributed by atoms with van der Waals surface area (Å²) in [6.07, 6.45) is -1.52. The van der Waals surface area contributed by atoms with E-state index < -0.39 is 39.5 Å². The minimum Gasteiger partial charge on any atom is -0.614 e. The number of hydrogen-bond acceptors (Lipinski definition) is 7. The van der Waals surface area contributed by atoms with Crippen LogP contribution in [-0.4, -0.2) is 57.5 Å². The number of aliphatic hydroxyl groups excluding tert-OH is 1. The van der Waals surface area contributed by atoms with Crippen LogP contribution in [-0.2, 0) is 25.5 Å². The summed E-state index contributed by atoms with van der Waals surface area (Å²) in [5.74, 6) is 0. The van der Waals surface area contributed by atoms with Gasteiger partial charge in [-0.25, -0.2) is 0 Å². The molecule has 16 heavy (non-hydrogen) atoms. The topological polar surface area (TPSA) is 114 Å². The fraction of sp³-hybridized carbons (Fsp3) is 1.00. The zero-order chi connectivity index (χ0) is 11.9. The fourth-order valence-electron chi connectivity index (χ4n) is 2.10. The maximum absolute atomic E-state index is 11.7. The van der Waals surface area contributed by atoms with E-state index in [1.807, 2.05) is 0 Å². The van der Waals surface area contributed by atoms with Gasteiger partial charge in [-0.15, -0.1) is 10.1 Å². The molecule has 0 bridgehead atoms. The predicted octanol–water partition coefficient (Wildman–Crippen LogP) is -1.57. The number of hydrogen-bond donors (Lipinski definition) is 1. The van der Waals surface area contributed by atoms with Crippen molar-refractivity contribution in [1.29, 1.82) is 0 Å². The van der Waals surface area contributed by atoms with Gasteiger partial charge in [0.25, 0.3) is 10.0 Å². The highest BCUT2D eigenvalue weighted by Gasteiger charge is 2.68. The van der Waals surface area contributed by atoms with E-state index in [0.29, 0.717) is 0 Å². The van der Waals surface area contributed by atoms with E-state index in [1.54, 1.807) is 0 Å². The Labute approximate surface area is 93.8 Å². The lowest BCUT2D eigenvalue weighted by Gasteiger charge is -2.30. The first-order valence-electron chi connectivity index (χ1n) is 4.57. The summed E-state index contributed by atoms with van der Waals surface area (Å²) in [6, 6.07) is 0. The number of fused-ring (bicyclic) bond motifs is 1. The van der Waals surface area contributed by atoms with E-state index in [2.05, 4.69) is 4.84 Å². The van der Waals surface area contributed by atoms with Gasteiger partial charge in [0.15, 0.2) is 6.10 Å². The fourth-order valence-corrected chi connectivity index (χ4v) is 3.37. The Morgan fingerprint density at radius 2 is 2.31 bits per heavy atom. The third kappa shape index (κ3) is 1.55. The Bertz CT molecular complexity index is 300. The van der Waals surface area contributed by atoms with Crippen LogP contribution in [0.2, 0.25) is 0 Å². The van der Waals surface area contributed by atoms with Crippen LogP contribution in [0.1, 0.15) is 0 Å². The van der Waals surface area contributed by atoms with Crippen LogP contribution < -0.4 is 0 Å². The number of ether oxygens (including phenoxy) is 2. The van der Waals surface area contributed by atoms with Gasteiger partial charge < -0.3 is 19.1 Å². The molecule has 0 spiro atoms. The summed E-state index contributed by atoms with van der Waals surface area (Å²) in [4.78, 5) is 13.3. The van der Waals surface area contributed by atoms with E-state index in [9.17, 15) is 19.8 Å². The van der Waals surface area contributed by atoms with Gasteiger partial charge in [0.1, 0.15) is 6.10 Å². The Kier molecular flexibility index (Phi) is 2.97.